The van der Waals surface area contributed by atoms with Crippen molar-refractivity contribution in [2.24, 2.45) is 5.92 Å². The van der Waals surface area contributed by atoms with Gasteiger partial charge in [-0.3, -0.25) is 0 Å². The molecule has 2 aliphatic rings. The summed E-state index contributed by atoms with van der Waals surface area (Å²) < 4.78 is 0. The second kappa shape index (κ2) is 16.0. The number of rotatable bonds is 2. The number of nitrogens with one attached hydrogen (secondary N) is 1. The van der Waals surface area contributed by atoms with E-state index in [0.29, 0.717) is 0 Å². The molecule has 0 aromatic carbocycles. The minimum Gasteiger partial charge on any atom is -0.662 e. The Morgan fingerprint density at radius 3 is 2.00 bits per heavy atom. The second-order valence-electron chi connectivity index (χ2n) is 4.16. The van der Waals surface area contributed by atoms with Crippen LogP contribution in [0, 0.1) is 5.92 Å². The first-order chi connectivity index (χ1) is 8.45. The molecule has 0 bridgehead atoms. The Bertz CT molecular complexity index is 128. The van der Waals surface area contributed by atoms with Crippen molar-refractivity contribution in [1.29, 1.82) is 0 Å². The molecule has 18 heavy (non-hydrogen) atoms. The molecule has 0 atom stereocenters. The van der Waals surface area contributed by atoms with E-state index in [2.05, 4.69) is 15.5 Å². The molecule has 0 aliphatic carbocycles. The van der Waals surface area contributed by atoms with Crippen LogP contribution < -0.4 is 5.32 Å². The van der Waals surface area contributed by atoms with Gasteiger partial charge in [-0.05, 0) is 5.92 Å². The van der Waals surface area contributed by atoms with Gasteiger partial charge in [-0.2, -0.15) is 0 Å². The molecule has 2 rings (SSSR count). The molecule has 0 aromatic heterocycles. The van der Waals surface area contributed by atoms with Gasteiger partial charge in [0.15, 0.2) is 0 Å². The van der Waals surface area contributed by atoms with Gasteiger partial charge in [0.2, 0.25) is 0 Å². The first-order valence-electron chi connectivity index (χ1n) is 7.51. The van der Waals surface area contributed by atoms with Gasteiger partial charge in [-0.15, -0.1) is 13.1 Å². The van der Waals surface area contributed by atoms with Crippen molar-refractivity contribution >= 4 is 0 Å². The number of piperazine rings is 1. The zero-order chi connectivity index (χ0) is 12.9. The summed E-state index contributed by atoms with van der Waals surface area (Å²) in [5.74, 6) is 0.926. The third kappa shape index (κ3) is 9.85. The van der Waals surface area contributed by atoms with Crippen molar-refractivity contribution in [2.75, 3.05) is 45.8 Å². The van der Waals surface area contributed by atoms with E-state index in [1.807, 2.05) is 27.7 Å². The van der Waals surface area contributed by atoms with Crippen molar-refractivity contribution in [2.45, 2.75) is 40.5 Å². The van der Waals surface area contributed by atoms with Gasteiger partial charge >= 0.3 is 0 Å². The molecule has 1 radical (unpaired) electrons. The summed E-state index contributed by atoms with van der Waals surface area (Å²) in [7, 11) is 0. The standard InChI is InChI=1S/C10H20N3.2C2H6.Y/c1-3-11-4-2-10(1)9-13-7-5-12-6-8-13;2*1-2;/h10,12H,1-9H2;2*1-2H3;/q-1;;;. The van der Waals surface area contributed by atoms with E-state index in [1.165, 1.54) is 45.6 Å². The summed E-state index contributed by atoms with van der Waals surface area (Å²) in [5.41, 5.74) is 0. The van der Waals surface area contributed by atoms with E-state index in [4.69, 9.17) is 0 Å². The van der Waals surface area contributed by atoms with Crippen molar-refractivity contribution in [1.82, 2.24) is 10.2 Å². The first kappa shape index (κ1) is 21.3. The maximum Gasteiger partial charge on any atom is 0.0107 e. The summed E-state index contributed by atoms with van der Waals surface area (Å²) in [6.45, 7) is 16.4. The van der Waals surface area contributed by atoms with Crippen LogP contribution in [0.5, 0.6) is 0 Å². The molecular weight excluding hydrogens is 299 g/mol. The number of nitrogens with zero attached hydrogens (tertiary/aromatic N) is 2. The van der Waals surface area contributed by atoms with Crippen LogP contribution in [-0.2, 0) is 32.7 Å². The van der Waals surface area contributed by atoms with Gasteiger partial charge in [-0.1, -0.05) is 40.5 Å². The molecule has 2 fully saturated rings. The molecule has 0 aromatic rings. The summed E-state index contributed by atoms with van der Waals surface area (Å²) in [4.78, 5) is 2.60. The molecule has 4 heteroatoms. The van der Waals surface area contributed by atoms with Crippen molar-refractivity contribution in [3.63, 3.8) is 0 Å². The van der Waals surface area contributed by atoms with E-state index in [-0.39, 0.29) is 32.7 Å². The second-order valence-corrected chi connectivity index (χ2v) is 4.16. The van der Waals surface area contributed by atoms with Crippen LogP contribution in [0.1, 0.15) is 40.5 Å². The molecular formula is C14H32N3Y-. The molecule has 0 spiro atoms. The van der Waals surface area contributed by atoms with E-state index in [9.17, 15) is 0 Å². The van der Waals surface area contributed by atoms with Gasteiger partial charge in [0.05, 0.1) is 0 Å². The number of hydrogen-bond donors (Lipinski definition) is 1. The SMILES string of the molecule is C1CC(CN2CCNCC2)CC[N-]1.CC.CC.[Y]. The predicted molar refractivity (Wildman–Crippen MR) is 77.8 cm³/mol. The molecule has 107 valence electrons. The molecule has 0 saturated carbocycles. The van der Waals surface area contributed by atoms with Crippen LogP contribution in [-0.4, -0.2) is 50.7 Å². The molecule has 0 unspecified atom stereocenters. The van der Waals surface area contributed by atoms with Crippen LogP contribution in [0.3, 0.4) is 0 Å². The van der Waals surface area contributed by atoms with Crippen LogP contribution in [0.2, 0.25) is 0 Å². The van der Waals surface area contributed by atoms with Crippen LogP contribution in [0.4, 0.5) is 0 Å². The van der Waals surface area contributed by atoms with Gasteiger partial charge in [0.1, 0.15) is 0 Å². The van der Waals surface area contributed by atoms with Crippen LogP contribution >= 0.6 is 0 Å². The van der Waals surface area contributed by atoms with Gasteiger partial charge in [0, 0.05) is 65.4 Å². The quantitative estimate of drug-likeness (QED) is 0.843. The minimum atomic E-state index is 0. The fraction of sp³-hybridized carbons (Fsp3) is 1.00. The monoisotopic (exact) mass is 331 g/mol. The Labute approximate surface area is 140 Å². The maximum absolute atomic E-state index is 4.39. The third-order valence-electron chi connectivity index (χ3n) is 3.12. The molecule has 1 N–H and O–H groups in total. The summed E-state index contributed by atoms with van der Waals surface area (Å²) in [5, 5.41) is 7.78. The summed E-state index contributed by atoms with van der Waals surface area (Å²) in [6, 6.07) is 0. The molecule has 2 aliphatic heterocycles. The van der Waals surface area contributed by atoms with Crippen LogP contribution in [0.15, 0.2) is 0 Å². The molecule has 0 amide bonds. The minimum absolute atomic E-state index is 0. The Hall–Kier alpha value is 0.984. The Kier molecular flexibility index (Phi) is 19.0. The molecule has 3 nitrogen and oxygen atoms in total. The molecule has 2 heterocycles. The van der Waals surface area contributed by atoms with Crippen LogP contribution in [0.25, 0.3) is 5.32 Å². The smallest absolute Gasteiger partial charge is 0.0107 e. The van der Waals surface area contributed by atoms with Gasteiger partial charge in [-0.25, -0.2) is 0 Å². The third-order valence-corrected chi connectivity index (χ3v) is 3.12. The predicted octanol–water partition coefficient (Wildman–Crippen LogP) is 2.73. The zero-order valence-electron chi connectivity index (χ0n) is 12.9. The average Bonchev–Trinajstić information content (AvgIpc) is 2.45. The average molecular weight is 331 g/mol. The summed E-state index contributed by atoms with van der Waals surface area (Å²) >= 11 is 0. The molecule has 2 saturated heterocycles. The largest absolute Gasteiger partial charge is 0.662 e. The topological polar surface area (TPSA) is 29.4 Å². The van der Waals surface area contributed by atoms with Crippen molar-refractivity contribution in [3.05, 3.63) is 5.32 Å². The normalized spacial score (nSPS) is 20.7. The zero-order valence-corrected chi connectivity index (χ0v) is 15.8. The fourth-order valence-electron chi connectivity index (χ4n) is 2.25. The summed E-state index contributed by atoms with van der Waals surface area (Å²) in [6.07, 6.45) is 2.65. The van der Waals surface area contributed by atoms with E-state index in [0.717, 1.165) is 19.0 Å². The van der Waals surface area contributed by atoms with Crippen molar-refractivity contribution in [3.8, 4) is 0 Å². The van der Waals surface area contributed by atoms with Gasteiger partial charge < -0.3 is 15.5 Å². The van der Waals surface area contributed by atoms with E-state index < -0.39 is 0 Å². The van der Waals surface area contributed by atoms with E-state index >= 15 is 0 Å². The van der Waals surface area contributed by atoms with Crippen molar-refractivity contribution < 1.29 is 32.7 Å². The maximum atomic E-state index is 4.39. The number of piperidine rings is 1. The Morgan fingerprint density at radius 1 is 1.00 bits per heavy atom. The first-order valence-corrected chi connectivity index (χ1v) is 7.51. The fourth-order valence-corrected chi connectivity index (χ4v) is 2.25. The Morgan fingerprint density at radius 2 is 1.50 bits per heavy atom. The number of hydrogen-bond acceptors (Lipinski definition) is 2. The van der Waals surface area contributed by atoms with Gasteiger partial charge in [0.25, 0.3) is 0 Å². The Balaban J connectivity index is 0. The van der Waals surface area contributed by atoms with E-state index in [1.54, 1.807) is 0 Å².